The number of hydrogen-bond donors (Lipinski definition) is 1. The van der Waals surface area contributed by atoms with Crippen molar-refractivity contribution in [3.05, 3.63) is 91.3 Å². The fourth-order valence-corrected chi connectivity index (χ4v) is 4.34. The van der Waals surface area contributed by atoms with E-state index in [9.17, 15) is 9.59 Å². The van der Waals surface area contributed by atoms with Gasteiger partial charge in [0.1, 0.15) is 12.3 Å². The predicted octanol–water partition coefficient (Wildman–Crippen LogP) is 4.34. The summed E-state index contributed by atoms with van der Waals surface area (Å²) in [7, 11) is 0. The van der Waals surface area contributed by atoms with Crippen molar-refractivity contribution in [3.8, 4) is 16.9 Å². The minimum Gasteiger partial charge on any atom is -0.410 e. The van der Waals surface area contributed by atoms with Crippen LogP contribution in [-0.2, 0) is 4.79 Å². The molecule has 4 aromatic rings. The smallest absolute Gasteiger partial charge is 0.410 e. The monoisotopic (exact) mass is 466 g/mol. The van der Waals surface area contributed by atoms with E-state index in [1.54, 1.807) is 29.4 Å². The molecular weight excluding hydrogens is 440 g/mol. The van der Waals surface area contributed by atoms with E-state index in [0.29, 0.717) is 18.8 Å². The number of pyridine rings is 1. The molecule has 3 aromatic carbocycles. The summed E-state index contributed by atoms with van der Waals surface area (Å²) in [5.41, 5.74) is 3.52. The topological polar surface area (TPSA) is 74.8 Å². The van der Waals surface area contributed by atoms with Crippen molar-refractivity contribution in [2.75, 3.05) is 37.6 Å². The van der Waals surface area contributed by atoms with Gasteiger partial charge in [-0.25, -0.2) is 4.79 Å². The molecule has 0 radical (unpaired) electrons. The van der Waals surface area contributed by atoms with Crippen molar-refractivity contribution < 1.29 is 14.3 Å². The lowest BCUT2D eigenvalue weighted by atomic mass is 10.0. The molecule has 35 heavy (non-hydrogen) atoms. The number of benzene rings is 3. The molecule has 2 heterocycles. The molecule has 1 aliphatic heterocycles. The fourth-order valence-electron chi connectivity index (χ4n) is 4.34. The van der Waals surface area contributed by atoms with Crippen LogP contribution in [0.4, 0.5) is 10.5 Å². The number of carbonyl (C=O) groups excluding carboxylic acids is 2. The number of aromatic nitrogens is 1. The van der Waals surface area contributed by atoms with Crippen LogP contribution in [0.2, 0.25) is 0 Å². The van der Waals surface area contributed by atoms with Gasteiger partial charge in [-0.1, -0.05) is 54.6 Å². The third-order valence-corrected chi connectivity index (χ3v) is 6.17. The van der Waals surface area contributed by atoms with Gasteiger partial charge in [-0.15, -0.1) is 0 Å². The Morgan fingerprint density at radius 1 is 0.857 bits per heavy atom. The van der Waals surface area contributed by atoms with E-state index in [0.717, 1.165) is 29.5 Å². The third kappa shape index (κ3) is 5.24. The molecule has 0 atom stereocenters. The van der Waals surface area contributed by atoms with Gasteiger partial charge in [0.2, 0.25) is 5.91 Å². The van der Waals surface area contributed by atoms with Crippen LogP contribution in [0, 0.1) is 0 Å². The highest BCUT2D eigenvalue weighted by Gasteiger charge is 2.23. The number of hydrogen-bond acceptors (Lipinski definition) is 5. The quantitative estimate of drug-likeness (QED) is 0.474. The number of piperazine rings is 1. The van der Waals surface area contributed by atoms with E-state index in [4.69, 9.17) is 4.74 Å². The molecule has 1 fully saturated rings. The Kier molecular flexibility index (Phi) is 6.57. The summed E-state index contributed by atoms with van der Waals surface area (Å²) >= 11 is 0. The minimum absolute atomic E-state index is 0.103. The van der Waals surface area contributed by atoms with Gasteiger partial charge in [-0.3, -0.25) is 9.78 Å². The number of amides is 2. The maximum absolute atomic E-state index is 12.7. The summed E-state index contributed by atoms with van der Waals surface area (Å²) in [6.45, 7) is 2.54. The molecule has 7 nitrogen and oxygen atoms in total. The van der Waals surface area contributed by atoms with Gasteiger partial charge >= 0.3 is 6.09 Å². The molecule has 1 aliphatic rings. The van der Waals surface area contributed by atoms with Crippen molar-refractivity contribution >= 4 is 28.5 Å². The van der Waals surface area contributed by atoms with Crippen LogP contribution in [0.3, 0.4) is 0 Å². The SMILES string of the molecule is O=C(NCC(=O)N1CCN(c2ccccc2-c2ccccc2)CC1)Oc1ccc2ccncc2c1. The maximum Gasteiger partial charge on any atom is 0.413 e. The maximum atomic E-state index is 12.7. The van der Waals surface area contributed by atoms with Gasteiger partial charge in [0, 0.05) is 55.2 Å². The summed E-state index contributed by atoms with van der Waals surface area (Å²) < 4.78 is 5.33. The molecule has 5 rings (SSSR count). The van der Waals surface area contributed by atoms with E-state index >= 15 is 0 Å². The van der Waals surface area contributed by atoms with Gasteiger partial charge in [-0.2, -0.15) is 0 Å². The standard InChI is InChI=1S/C28H26N4O3/c33-27(20-30-28(34)35-24-11-10-21-12-13-29-19-23(21)18-24)32-16-14-31(15-17-32)26-9-5-4-8-25(26)22-6-2-1-3-7-22/h1-13,18-19H,14-17,20H2,(H,30,34). The average Bonchev–Trinajstić information content (AvgIpc) is 2.92. The number of carbonyl (C=O) groups is 2. The zero-order chi connectivity index (χ0) is 24.0. The zero-order valence-electron chi connectivity index (χ0n) is 19.3. The highest BCUT2D eigenvalue weighted by molar-refractivity contribution is 5.85. The van der Waals surface area contributed by atoms with Crippen LogP contribution >= 0.6 is 0 Å². The molecule has 1 aromatic heterocycles. The average molecular weight is 467 g/mol. The number of anilines is 1. The van der Waals surface area contributed by atoms with Crippen LogP contribution in [0.25, 0.3) is 21.9 Å². The minimum atomic E-state index is -0.656. The van der Waals surface area contributed by atoms with Crippen LogP contribution in [0.5, 0.6) is 5.75 Å². The first-order valence-corrected chi connectivity index (χ1v) is 11.6. The molecule has 0 unspecified atom stereocenters. The number of nitrogens with one attached hydrogen (secondary N) is 1. The van der Waals surface area contributed by atoms with Crippen molar-refractivity contribution in [2.45, 2.75) is 0 Å². The highest BCUT2D eigenvalue weighted by Crippen LogP contribution is 2.31. The van der Waals surface area contributed by atoms with Crippen LogP contribution in [0.1, 0.15) is 0 Å². The number of fused-ring (bicyclic) bond motifs is 1. The van der Waals surface area contributed by atoms with Crippen LogP contribution in [0.15, 0.2) is 91.3 Å². The summed E-state index contributed by atoms with van der Waals surface area (Å²) in [5, 5.41) is 4.45. The van der Waals surface area contributed by atoms with E-state index in [-0.39, 0.29) is 12.5 Å². The lowest BCUT2D eigenvalue weighted by molar-refractivity contribution is -0.130. The first kappa shape index (κ1) is 22.4. The Hall–Kier alpha value is -4.39. The Bertz CT molecular complexity index is 1330. The molecule has 176 valence electrons. The van der Waals surface area contributed by atoms with Crippen LogP contribution in [-0.4, -0.2) is 54.6 Å². The van der Waals surface area contributed by atoms with E-state index in [1.807, 2.05) is 42.5 Å². The first-order chi connectivity index (χ1) is 17.2. The van der Waals surface area contributed by atoms with Gasteiger partial charge in [0.25, 0.3) is 0 Å². The predicted molar refractivity (Wildman–Crippen MR) is 136 cm³/mol. The van der Waals surface area contributed by atoms with Crippen molar-refractivity contribution in [1.29, 1.82) is 0 Å². The molecule has 1 N–H and O–H groups in total. The van der Waals surface area contributed by atoms with Crippen molar-refractivity contribution in [2.24, 2.45) is 0 Å². The summed E-state index contributed by atoms with van der Waals surface area (Å²) in [5.74, 6) is 0.279. The third-order valence-electron chi connectivity index (χ3n) is 6.17. The molecular formula is C28H26N4O3. The van der Waals surface area contributed by atoms with Gasteiger partial charge in [0.05, 0.1) is 0 Å². The van der Waals surface area contributed by atoms with E-state index in [2.05, 4.69) is 39.5 Å². The Morgan fingerprint density at radius 2 is 1.63 bits per heavy atom. The molecule has 1 saturated heterocycles. The molecule has 0 saturated carbocycles. The normalized spacial score (nSPS) is 13.5. The molecule has 0 bridgehead atoms. The fraction of sp³-hybridized carbons (Fsp3) is 0.179. The lowest BCUT2D eigenvalue weighted by Crippen LogP contribution is -2.51. The number of ether oxygens (including phenoxy) is 1. The van der Waals surface area contributed by atoms with Gasteiger partial charge < -0.3 is 19.9 Å². The second-order valence-electron chi connectivity index (χ2n) is 8.38. The van der Waals surface area contributed by atoms with Crippen molar-refractivity contribution in [3.63, 3.8) is 0 Å². The Balaban J connectivity index is 1.13. The summed E-state index contributed by atoms with van der Waals surface area (Å²) in [6, 6.07) is 25.9. The van der Waals surface area contributed by atoms with Crippen LogP contribution < -0.4 is 15.0 Å². The Labute approximate surface area is 204 Å². The van der Waals surface area contributed by atoms with Gasteiger partial charge in [0.15, 0.2) is 0 Å². The zero-order valence-corrected chi connectivity index (χ0v) is 19.3. The molecule has 2 amide bonds. The highest BCUT2D eigenvalue weighted by atomic mass is 16.6. The van der Waals surface area contributed by atoms with E-state index < -0.39 is 6.09 Å². The lowest BCUT2D eigenvalue weighted by Gasteiger charge is -2.37. The van der Waals surface area contributed by atoms with E-state index in [1.165, 1.54) is 11.1 Å². The first-order valence-electron chi connectivity index (χ1n) is 11.6. The van der Waals surface area contributed by atoms with Crippen molar-refractivity contribution in [1.82, 2.24) is 15.2 Å². The van der Waals surface area contributed by atoms with Gasteiger partial charge in [-0.05, 0) is 35.2 Å². The molecule has 0 spiro atoms. The second kappa shape index (κ2) is 10.3. The number of nitrogens with zero attached hydrogens (tertiary/aromatic N) is 3. The summed E-state index contributed by atoms with van der Waals surface area (Å²) in [6.07, 6.45) is 2.77. The largest absolute Gasteiger partial charge is 0.413 e. The number of rotatable bonds is 5. The molecule has 0 aliphatic carbocycles. The Morgan fingerprint density at radius 3 is 2.46 bits per heavy atom. The summed E-state index contributed by atoms with van der Waals surface area (Å²) in [4.78, 5) is 33.1. The number of para-hydroxylation sites is 1. The second-order valence-corrected chi connectivity index (χ2v) is 8.38. The molecule has 7 heteroatoms.